The molecule has 2 heterocycles. The first-order valence-corrected chi connectivity index (χ1v) is 15.5. The second-order valence-corrected chi connectivity index (χ2v) is 11.7. The van der Waals surface area contributed by atoms with E-state index in [-0.39, 0.29) is 0 Å². The third-order valence-electron chi connectivity index (χ3n) is 8.95. The summed E-state index contributed by atoms with van der Waals surface area (Å²) in [6.07, 6.45) is 3.70. The normalized spacial score (nSPS) is 11.5. The summed E-state index contributed by atoms with van der Waals surface area (Å²) in [5.41, 5.74) is 9.36. The van der Waals surface area contributed by atoms with Crippen LogP contribution in [0.5, 0.6) is 0 Å². The van der Waals surface area contributed by atoms with Crippen molar-refractivity contribution < 1.29 is 0 Å². The summed E-state index contributed by atoms with van der Waals surface area (Å²) in [6, 6.07) is 53.5. The van der Waals surface area contributed by atoms with Gasteiger partial charge in [0.05, 0.1) is 11.4 Å². The maximum Gasteiger partial charge on any atom is 0.160 e. The Morgan fingerprint density at radius 2 is 1.02 bits per heavy atom. The number of aromatic nitrogens is 3. The van der Waals surface area contributed by atoms with Gasteiger partial charge in [0.1, 0.15) is 0 Å². The number of hydrogen-bond donors (Lipinski definition) is 0. The van der Waals surface area contributed by atoms with Gasteiger partial charge >= 0.3 is 0 Å². The summed E-state index contributed by atoms with van der Waals surface area (Å²) < 4.78 is 0. The van der Waals surface area contributed by atoms with Gasteiger partial charge in [0, 0.05) is 34.6 Å². The van der Waals surface area contributed by atoms with Crippen molar-refractivity contribution in [2.24, 2.45) is 0 Å². The molecule has 0 saturated carbocycles. The first-order chi connectivity index (χ1) is 22.8. The van der Waals surface area contributed by atoms with Gasteiger partial charge in [-0.15, -0.1) is 0 Å². The summed E-state index contributed by atoms with van der Waals surface area (Å²) in [6.45, 7) is 0. The van der Waals surface area contributed by atoms with E-state index < -0.39 is 0 Å². The molecule has 3 nitrogen and oxygen atoms in total. The van der Waals surface area contributed by atoms with Crippen molar-refractivity contribution in [3.05, 3.63) is 164 Å². The third-order valence-corrected chi connectivity index (χ3v) is 8.95. The monoisotopic (exact) mass is 585 g/mol. The Balaban J connectivity index is 1.18. The average molecular weight is 586 g/mol. The third kappa shape index (κ3) is 4.41. The zero-order valence-electron chi connectivity index (χ0n) is 24.9. The second kappa shape index (κ2) is 10.8. The van der Waals surface area contributed by atoms with Crippen LogP contribution in [0.15, 0.2) is 164 Å². The lowest BCUT2D eigenvalue weighted by Crippen LogP contribution is -1.97. The molecule has 0 aliphatic carbocycles. The standard InChI is InChI=1S/C43H27N3/c1-2-8-29(9-3-1)39-26-40(37-14-5-4-13-35(37)34-12-7-25-44-27-34)46-43(45-39)33-19-15-28(16-20-33)36-23-21-32-18-17-30-10-6-11-31-22-24-38(36)42(32)41(30)31/h1-27H. The van der Waals surface area contributed by atoms with Crippen molar-refractivity contribution in [2.45, 2.75) is 0 Å². The van der Waals surface area contributed by atoms with E-state index in [1.165, 1.54) is 43.4 Å². The van der Waals surface area contributed by atoms with Crippen molar-refractivity contribution in [3.63, 3.8) is 0 Å². The van der Waals surface area contributed by atoms with E-state index in [2.05, 4.69) is 132 Å². The Hall–Kier alpha value is -6.19. The van der Waals surface area contributed by atoms with Crippen LogP contribution in [0.2, 0.25) is 0 Å². The zero-order chi connectivity index (χ0) is 30.5. The van der Waals surface area contributed by atoms with Crippen LogP contribution >= 0.6 is 0 Å². The Kier molecular flexibility index (Phi) is 6.14. The minimum atomic E-state index is 0.694. The van der Waals surface area contributed by atoms with E-state index in [9.17, 15) is 0 Å². The molecular formula is C43H27N3. The Labute approximate surface area is 266 Å². The van der Waals surface area contributed by atoms with Gasteiger partial charge in [0.2, 0.25) is 0 Å². The highest BCUT2D eigenvalue weighted by atomic mass is 14.9. The molecule has 0 atom stereocenters. The molecule has 0 amide bonds. The lowest BCUT2D eigenvalue weighted by molar-refractivity contribution is 1.18. The molecular weight excluding hydrogens is 558 g/mol. The summed E-state index contributed by atoms with van der Waals surface area (Å²) in [4.78, 5) is 14.6. The molecule has 0 aliphatic heterocycles. The molecule has 0 unspecified atom stereocenters. The number of pyridine rings is 1. The molecule has 2 aromatic heterocycles. The van der Waals surface area contributed by atoms with Crippen molar-refractivity contribution in [2.75, 3.05) is 0 Å². The van der Waals surface area contributed by atoms with E-state index in [1.807, 2.05) is 30.5 Å². The maximum atomic E-state index is 5.16. The fourth-order valence-corrected chi connectivity index (χ4v) is 6.74. The molecule has 0 saturated heterocycles. The minimum Gasteiger partial charge on any atom is -0.264 e. The quantitative estimate of drug-likeness (QED) is 0.189. The van der Waals surface area contributed by atoms with Crippen molar-refractivity contribution in [3.8, 4) is 56.2 Å². The molecule has 0 N–H and O–H groups in total. The zero-order valence-corrected chi connectivity index (χ0v) is 24.9. The molecule has 0 radical (unpaired) electrons. The van der Waals surface area contributed by atoms with E-state index >= 15 is 0 Å². The molecule has 46 heavy (non-hydrogen) atoms. The fourth-order valence-electron chi connectivity index (χ4n) is 6.74. The summed E-state index contributed by atoms with van der Waals surface area (Å²) in [7, 11) is 0. The Morgan fingerprint density at radius 1 is 0.370 bits per heavy atom. The van der Waals surface area contributed by atoms with Crippen LogP contribution in [-0.2, 0) is 0 Å². The van der Waals surface area contributed by atoms with Gasteiger partial charge in [-0.2, -0.15) is 0 Å². The van der Waals surface area contributed by atoms with E-state index in [0.717, 1.165) is 39.2 Å². The number of nitrogens with zero attached hydrogens (tertiary/aromatic N) is 3. The summed E-state index contributed by atoms with van der Waals surface area (Å²) in [5.74, 6) is 0.694. The van der Waals surface area contributed by atoms with Gasteiger partial charge in [-0.05, 0) is 61.1 Å². The molecule has 9 aromatic rings. The highest BCUT2D eigenvalue weighted by molar-refractivity contribution is 6.25. The van der Waals surface area contributed by atoms with Gasteiger partial charge in [-0.3, -0.25) is 4.98 Å². The molecule has 214 valence electrons. The van der Waals surface area contributed by atoms with Crippen LogP contribution in [0.25, 0.3) is 88.5 Å². The lowest BCUT2D eigenvalue weighted by atomic mass is 9.90. The van der Waals surface area contributed by atoms with Crippen LogP contribution in [-0.4, -0.2) is 15.0 Å². The van der Waals surface area contributed by atoms with Crippen LogP contribution in [0.1, 0.15) is 0 Å². The molecule has 0 spiro atoms. The predicted molar refractivity (Wildman–Crippen MR) is 191 cm³/mol. The highest BCUT2D eigenvalue weighted by Gasteiger charge is 2.16. The van der Waals surface area contributed by atoms with Gasteiger partial charge in [0.25, 0.3) is 0 Å². The highest BCUT2D eigenvalue weighted by Crippen LogP contribution is 2.40. The first-order valence-electron chi connectivity index (χ1n) is 15.5. The summed E-state index contributed by atoms with van der Waals surface area (Å²) >= 11 is 0. The number of benzene rings is 7. The summed E-state index contributed by atoms with van der Waals surface area (Å²) in [5, 5.41) is 7.75. The van der Waals surface area contributed by atoms with Crippen LogP contribution in [0.4, 0.5) is 0 Å². The van der Waals surface area contributed by atoms with Crippen molar-refractivity contribution in [1.29, 1.82) is 0 Å². The van der Waals surface area contributed by atoms with Crippen LogP contribution in [0, 0.1) is 0 Å². The van der Waals surface area contributed by atoms with E-state index in [0.29, 0.717) is 5.82 Å². The smallest absolute Gasteiger partial charge is 0.160 e. The predicted octanol–water partition coefficient (Wildman–Crippen LogP) is 11.1. The van der Waals surface area contributed by atoms with Gasteiger partial charge in [-0.25, -0.2) is 9.97 Å². The molecule has 9 rings (SSSR count). The van der Waals surface area contributed by atoms with E-state index in [1.54, 1.807) is 6.20 Å². The van der Waals surface area contributed by atoms with Crippen molar-refractivity contribution in [1.82, 2.24) is 15.0 Å². The number of rotatable bonds is 5. The first kappa shape index (κ1) is 26.2. The second-order valence-electron chi connectivity index (χ2n) is 11.7. The topological polar surface area (TPSA) is 38.7 Å². The van der Waals surface area contributed by atoms with E-state index in [4.69, 9.17) is 9.97 Å². The van der Waals surface area contributed by atoms with Gasteiger partial charge in [-0.1, -0.05) is 140 Å². The minimum absolute atomic E-state index is 0.694. The Bertz CT molecular complexity index is 2490. The lowest BCUT2D eigenvalue weighted by Gasteiger charge is -2.15. The molecule has 3 heteroatoms. The van der Waals surface area contributed by atoms with Crippen molar-refractivity contribution >= 4 is 32.3 Å². The van der Waals surface area contributed by atoms with Crippen LogP contribution in [0.3, 0.4) is 0 Å². The van der Waals surface area contributed by atoms with Gasteiger partial charge < -0.3 is 0 Å². The van der Waals surface area contributed by atoms with Crippen LogP contribution < -0.4 is 0 Å². The maximum absolute atomic E-state index is 5.16. The molecule has 0 aliphatic rings. The van der Waals surface area contributed by atoms with Gasteiger partial charge in [0.15, 0.2) is 5.82 Å². The largest absolute Gasteiger partial charge is 0.264 e. The average Bonchev–Trinajstić information content (AvgIpc) is 3.14. The number of hydrogen-bond acceptors (Lipinski definition) is 3. The molecule has 0 fully saturated rings. The molecule has 0 bridgehead atoms. The fraction of sp³-hybridized carbons (Fsp3) is 0. The Morgan fingerprint density at radius 3 is 1.80 bits per heavy atom. The molecule has 7 aromatic carbocycles. The SMILES string of the molecule is c1ccc(-c2cc(-c3ccccc3-c3cccnc3)nc(-c3ccc(-c4ccc5ccc6cccc7ccc4c5c67)cc3)n2)cc1.